The number of hydrogen-bond acceptors (Lipinski definition) is 2. The fourth-order valence-electron chi connectivity index (χ4n) is 3.14. The monoisotopic (exact) mass is 348 g/mol. The van der Waals surface area contributed by atoms with Crippen LogP contribution < -0.4 is 5.32 Å². The van der Waals surface area contributed by atoms with Crippen molar-refractivity contribution in [2.75, 3.05) is 18.5 Å². The summed E-state index contributed by atoms with van der Waals surface area (Å²) < 4.78 is 13.1. The average molecular weight is 349 g/mol. The van der Waals surface area contributed by atoms with E-state index in [0.29, 0.717) is 5.69 Å². The van der Waals surface area contributed by atoms with Crippen LogP contribution in [0.5, 0.6) is 0 Å². The number of carbonyl (C=O) groups is 1. The van der Waals surface area contributed by atoms with Crippen LogP contribution in [0.4, 0.5) is 14.9 Å². The van der Waals surface area contributed by atoms with Gasteiger partial charge in [0, 0.05) is 6.54 Å². The van der Waals surface area contributed by atoms with E-state index in [1.165, 1.54) is 17.7 Å². The van der Waals surface area contributed by atoms with Crippen LogP contribution in [0.2, 0.25) is 5.02 Å². The van der Waals surface area contributed by atoms with Crippen LogP contribution in [-0.4, -0.2) is 29.2 Å². The Balaban J connectivity index is 1.82. The lowest BCUT2D eigenvalue weighted by Crippen LogP contribution is -2.39. The summed E-state index contributed by atoms with van der Waals surface area (Å²) >= 11 is 5.97. The standard InChI is InChI=1S/C18H18ClFN2O2/c19-15-11-13(20)6-7-16(15)21-18(24)22(9-10-23)17-8-5-12-3-1-2-4-14(12)17/h1-4,6-7,11,17,23H,5,8-10H2,(H,21,24). The van der Waals surface area contributed by atoms with Gasteiger partial charge in [-0.2, -0.15) is 0 Å². The fraction of sp³-hybridized carbons (Fsp3) is 0.278. The molecule has 3 rings (SSSR count). The van der Waals surface area contributed by atoms with Crippen molar-refractivity contribution in [3.63, 3.8) is 0 Å². The minimum absolute atomic E-state index is 0.0902. The number of aliphatic hydroxyl groups excluding tert-OH is 1. The number of urea groups is 1. The highest BCUT2D eigenvalue weighted by atomic mass is 35.5. The predicted octanol–water partition coefficient (Wildman–Crippen LogP) is 3.99. The van der Waals surface area contributed by atoms with Gasteiger partial charge in [0.05, 0.1) is 23.4 Å². The van der Waals surface area contributed by atoms with E-state index in [9.17, 15) is 14.3 Å². The Morgan fingerprint density at radius 3 is 2.88 bits per heavy atom. The number of anilines is 1. The number of aliphatic hydroxyl groups is 1. The second-order valence-electron chi connectivity index (χ2n) is 5.72. The summed E-state index contributed by atoms with van der Waals surface area (Å²) in [6.07, 6.45) is 1.71. The van der Waals surface area contributed by atoms with Crippen LogP contribution in [0.25, 0.3) is 0 Å². The van der Waals surface area contributed by atoms with Gasteiger partial charge in [0.1, 0.15) is 5.82 Å². The molecule has 2 N–H and O–H groups in total. The molecule has 0 saturated carbocycles. The quantitative estimate of drug-likeness (QED) is 0.877. The molecule has 0 saturated heterocycles. The number of carbonyl (C=O) groups excluding carboxylic acids is 1. The molecule has 2 amide bonds. The van der Waals surface area contributed by atoms with E-state index in [1.54, 1.807) is 4.90 Å². The van der Waals surface area contributed by atoms with E-state index in [2.05, 4.69) is 11.4 Å². The molecular weight excluding hydrogens is 331 g/mol. The molecule has 24 heavy (non-hydrogen) atoms. The van der Waals surface area contributed by atoms with Crippen LogP contribution in [0, 0.1) is 5.82 Å². The molecule has 0 aliphatic heterocycles. The molecule has 0 heterocycles. The van der Waals surface area contributed by atoms with Gasteiger partial charge in [-0.25, -0.2) is 9.18 Å². The molecule has 1 atom stereocenters. The van der Waals surface area contributed by atoms with Crippen molar-refractivity contribution in [3.8, 4) is 0 Å². The van der Waals surface area contributed by atoms with Gasteiger partial charge in [-0.1, -0.05) is 35.9 Å². The number of fused-ring (bicyclic) bond motifs is 1. The lowest BCUT2D eigenvalue weighted by molar-refractivity contribution is 0.162. The molecule has 0 fully saturated rings. The number of nitrogens with zero attached hydrogens (tertiary/aromatic N) is 1. The summed E-state index contributed by atoms with van der Waals surface area (Å²) in [6.45, 7) is 0.0763. The second kappa shape index (κ2) is 7.20. The first-order valence-electron chi connectivity index (χ1n) is 7.81. The third kappa shape index (κ3) is 3.37. The Labute approximate surface area is 144 Å². The largest absolute Gasteiger partial charge is 0.395 e. The maximum Gasteiger partial charge on any atom is 0.322 e. The molecule has 1 aliphatic carbocycles. The number of aryl methyl sites for hydroxylation is 1. The van der Waals surface area contributed by atoms with Crippen LogP contribution >= 0.6 is 11.6 Å². The highest BCUT2D eigenvalue weighted by Crippen LogP contribution is 2.36. The van der Waals surface area contributed by atoms with Crippen molar-refractivity contribution in [2.45, 2.75) is 18.9 Å². The first kappa shape index (κ1) is 16.7. The highest BCUT2D eigenvalue weighted by Gasteiger charge is 2.30. The Kier molecular flexibility index (Phi) is 5.02. The molecule has 4 nitrogen and oxygen atoms in total. The van der Waals surface area contributed by atoms with E-state index in [0.717, 1.165) is 24.5 Å². The Morgan fingerprint density at radius 2 is 2.12 bits per heavy atom. The van der Waals surface area contributed by atoms with Crippen LogP contribution in [0.15, 0.2) is 42.5 Å². The van der Waals surface area contributed by atoms with Crippen molar-refractivity contribution < 1.29 is 14.3 Å². The van der Waals surface area contributed by atoms with Crippen LogP contribution in [0.3, 0.4) is 0 Å². The lowest BCUT2D eigenvalue weighted by atomic mass is 10.1. The van der Waals surface area contributed by atoms with Gasteiger partial charge in [-0.3, -0.25) is 0 Å². The molecule has 0 radical (unpaired) electrons. The highest BCUT2D eigenvalue weighted by molar-refractivity contribution is 6.33. The summed E-state index contributed by atoms with van der Waals surface area (Å²) in [5.74, 6) is -0.463. The molecule has 6 heteroatoms. The van der Waals surface area contributed by atoms with Crippen molar-refractivity contribution in [2.24, 2.45) is 0 Å². The van der Waals surface area contributed by atoms with Crippen molar-refractivity contribution in [3.05, 3.63) is 64.4 Å². The Morgan fingerprint density at radius 1 is 1.33 bits per heavy atom. The van der Waals surface area contributed by atoms with Gasteiger partial charge in [0.2, 0.25) is 0 Å². The van der Waals surface area contributed by atoms with Crippen molar-refractivity contribution in [1.82, 2.24) is 4.90 Å². The zero-order chi connectivity index (χ0) is 17.1. The van der Waals surface area contributed by atoms with Crippen LogP contribution in [0.1, 0.15) is 23.6 Å². The van der Waals surface area contributed by atoms with E-state index < -0.39 is 5.82 Å². The van der Waals surface area contributed by atoms with E-state index in [-0.39, 0.29) is 30.2 Å². The first-order chi connectivity index (χ1) is 11.6. The van der Waals surface area contributed by atoms with Crippen molar-refractivity contribution in [1.29, 1.82) is 0 Å². The van der Waals surface area contributed by atoms with Gasteiger partial charge in [0.25, 0.3) is 0 Å². The first-order valence-corrected chi connectivity index (χ1v) is 8.19. The summed E-state index contributed by atoms with van der Waals surface area (Å²) in [7, 11) is 0. The number of amides is 2. The molecule has 2 aromatic carbocycles. The van der Waals surface area contributed by atoms with E-state index in [1.807, 2.05) is 18.2 Å². The average Bonchev–Trinajstić information content (AvgIpc) is 2.99. The Bertz CT molecular complexity index is 754. The summed E-state index contributed by atoms with van der Waals surface area (Å²) in [4.78, 5) is 14.3. The Hall–Kier alpha value is -2.11. The maximum absolute atomic E-state index is 13.1. The minimum atomic E-state index is -0.463. The molecule has 1 aliphatic rings. The fourth-order valence-corrected chi connectivity index (χ4v) is 3.36. The summed E-state index contributed by atoms with van der Waals surface area (Å²) in [5.41, 5.74) is 2.67. The molecule has 126 valence electrons. The number of halogens is 2. The molecule has 2 aromatic rings. The molecule has 0 aromatic heterocycles. The van der Waals surface area contributed by atoms with E-state index in [4.69, 9.17) is 11.6 Å². The number of hydrogen-bond donors (Lipinski definition) is 2. The zero-order valence-electron chi connectivity index (χ0n) is 13.0. The predicted molar refractivity (Wildman–Crippen MR) is 91.7 cm³/mol. The third-order valence-corrected chi connectivity index (χ3v) is 4.56. The molecular formula is C18H18ClFN2O2. The topological polar surface area (TPSA) is 52.6 Å². The van der Waals surface area contributed by atoms with Gasteiger partial charge < -0.3 is 15.3 Å². The van der Waals surface area contributed by atoms with Gasteiger partial charge in [0.15, 0.2) is 0 Å². The van der Waals surface area contributed by atoms with Gasteiger partial charge >= 0.3 is 6.03 Å². The third-order valence-electron chi connectivity index (χ3n) is 4.25. The minimum Gasteiger partial charge on any atom is -0.395 e. The molecule has 0 spiro atoms. The SMILES string of the molecule is O=C(Nc1ccc(F)cc1Cl)N(CCO)C1CCc2ccccc21. The summed E-state index contributed by atoms with van der Waals surface area (Å²) in [6, 6.07) is 11.4. The number of benzene rings is 2. The van der Waals surface area contributed by atoms with E-state index >= 15 is 0 Å². The lowest BCUT2D eigenvalue weighted by Gasteiger charge is -2.29. The maximum atomic E-state index is 13.1. The van der Waals surface area contributed by atoms with Crippen molar-refractivity contribution >= 4 is 23.3 Å². The normalized spacial score (nSPS) is 15.9. The van der Waals surface area contributed by atoms with Gasteiger partial charge in [-0.15, -0.1) is 0 Å². The summed E-state index contributed by atoms with van der Waals surface area (Å²) in [5, 5.41) is 12.2. The van der Waals surface area contributed by atoms with Crippen LogP contribution in [-0.2, 0) is 6.42 Å². The second-order valence-corrected chi connectivity index (χ2v) is 6.13. The molecule has 0 bridgehead atoms. The number of rotatable bonds is 4. The van der Waals surface area contributed by atoms with Gasteiger partial charge in [-0.05, 0) is 42.2 Å². The zero-order valence-corrected chi connectivity index (χ0v) is 13.8. The smallest absolute Gasteiger partial charge is 0.322 e. The molecule has 1 unspecified atom stereocenters. The number of nitrogens with one attached hydrogen (secondary N) is 1.